The summed E-state index contributed by atoms with van der Waals surface area (Å²) in [6.45, 7) is 10.1. The summed E-state index contributed by atoms with van der Waals surface area (Å²) in [7, 11) is 0. The minimum Gasteiger partial charge on any atom is -0.490 e. The van der Waals surface area contributed by atoms with Gasteiger partial charge in [0.25, 0.3) is 5.91 Å². The van der Waals surface area contributed by atoms with E-state index in [4.69, 9.17) is 19.9 Å². The van der Waals surface area contributed by atoms with Crippen LogP contribution in [-0.4, -0.2) is 39.7 Å². The van der Waals surface area contributed by atoms with Gasteiger partial charge in [-0.1, -0.05) is 38.1 Å². The Hall–Kier alpha value is -4.14. The van der Waals surface area contributed by atoms with E-state index in [-0.39, 0.29) is 36.1 Å². The Morgan fingerprint density at radius 3 is 2.08 bits per heavy atom. The Morgan fingerprint density at radius 1 is 0.923 bits per heavy atom. The third-order valence-electron chi connectivity index (χ3n) is 6.59. The highest BCUT2D eigenvalue weighted by Crippen LogP contribution is 2.34. The minimum atomic E-state index is -0.674. The monoisotopic (exact) mass is 532 g/mol. The van der Waals surface area contributed by atoms with Crippen molar-refractivity contribution < 1.29 is 23.8 Å². The molecule has 2 aromatic carbocycles. The molecule has 0 radical (unpaired) electrons. The van der Waals surface area contributed by atoms with E-state index in [9.17, 15) is 9.59 Å². The van der Waals surface area contributed by atoms with Crippen molar-refractivity contribution in [3.63, 3.8) is 0 Å². The number of rotatable bonds is 9. The summed E-state index contributed by atoms with van der Waals surface area (Å²) in [5.41, 5.74) is 7.36. The summed E-state index contributed by atoms with van der Waals surface area (Å²) in [5.74, 6) is 0.796. The molecule has 0 atom stereocenters. The van der Waals surface area contributed by atoms with Crippen LogP contribution in [0.2, 0.25) is 0 Å². The van der Waals surface area contributed by atoms with Crippen LogP contribution in [-0.2, 0) is 16.8 Å². The molecule has 1 fully saturated rings. The number of aromatic nitrogens is 2. The number of benzene rings is 2. The van der Waals surface area contributed by atoms with E-state index in [1.165, 1.54) is 6.20 Å². The smallest absolute Gasteiger partial charge is 0.407 e. The van der Waals surface area contributed by atoms with Crippen molar-refractivity contribution in [3.8, 4) is 11.5 Å². The molecule has 0 spiro atoms. The maximum absolute atomic E-state index is 11.9. The molecule has 1 aliphatic rings. The summed E-state index contributed by atoms with van der Waals surface area (Å²) in [4.78, 5) is 31.1. The molecule has 9 heteroatoms. The van der Waals surface area contributed by atoms with E-state index in [0.29, 0.717) is 11.4 Å². The van der Waals surface area contributed by atoms with Crippen LogP contribution in [0.3, 0.4) is 0 Å². The van der Waals surface area contributed by atoms with Crippen LogP contribution in [0.15, 0.2) is 60.8 Å². The number of hydrogen-bond donors (Lipinski definition) is 2. The van der Waals surface area contributed by atoms with Crippen LogP contribution in [0.4, 0.5) is 4.79 Å². The van der Waals surface area contributed by atoms with Crippen LogP contribution in [0.5, 0.6) is 11.5 Å². The van der Waals surface area contributed by atoms with Gasteiger partial charge in [0.2, 0.25) is 5.82 Å². The molecule has 1 aromatic heterocycles. The summed E-state index contributed by atoms with van der Waals surface area (Å²) < 4.78 is 17.2. The van der Waals surface area contributed by atoms with Gasteiger partial charge in [-0.05, 0) is 62.2 Å². The summed E-state index contributed by atoms with van der Waals surface area (Å²) in [5, 5.41) is 2.89. The van der Waals surface area contributed by atoms with Gasteiger partial charge >= 0.3 is 6.09 Å². The number of amides is 2. The van der Waals surface area contributed by atoms with Crippen LogP contribution >= 0.6 is 0 Å². The van der Waals surface area contributed by atoms with Gasteiger partial charge in [-0.25, -0.2) is 14.8 Å². The molecule has 2 amide bonds. The molecule has 39 heavy (non-hydrogen) atoms. The fourth-order valence-corrected chi connectivity index (χ4v) is 4.28. The number of carbonyl (C=O) groups is 2. The highest BCUT2D eigenvalue weighted by molar-refractivity contribution is 5.88. The van der Waals surface area contributed by atoms with Crippen LogP contribution in [0.1, 0.15) is 74.9 Å². The number of hydrogen-bond acceptors (Lipinski definition) is 7. The SMILES string of the molecule is CC(C)(C)OC(=O)NC1CC(Oc2ccc(C(C)(C)c3ccc(OCc4ccnc(C(N)=O)n4)cc3)cc2)C1. The lowest BCUT2D eigenvalue weighted by molar-refractivity contribution is 0.0362. The molecule has 1 saturated carbocycles. The molecule has 9 nitrogen and oxygen atoms in total. The predicted molar refractivity (Wildman–Crippen MR) is 147 cm³/mol. The van der Waals surface area contributed by atoms with E-state index >= 15 is 0 Å². The Labute approximate surface area is 229 Å². The molecule has 3 aromatic rings. The topological polar surface area (TPSA) is 126 Å². The largest absolute Gasteiger partial charge is 0.490 e. The Kier molecular flexibility index (Phi) is 8.09. The third-order valence-corrected chi connectivity index (χ3v) is 6.59. The average molecular weight is 533 g/mol. The number of nitrogens with two attached hydrogens (primary N) is 1. The van der Waals surface area contributed by atoms with Gasteiger partial charge in [0, 0.05) is 30.5 Å². The molecule has 4 rings (SSSR count). The molecule has 3 N–H and O–H groups in total. The maximum Gasteiger partial charge on any atom is 0.407 e. The molecular formula is C30H36N4O5. The summed E-state index contributed by atoms with van der Waals surface area (Å²) >= 11 is 0. The minimum absolute atomic E-state index is 0.0308. The van der Waals surface area contributed by atoms with Crippen LogP contribution in [0.25, 0.3) is 0 Å². The zero-order valence-corrected chi connectivity index (χ0v) is 23.1. The predicted octanol–water partition coefficient (Wildman–Crippen LogP) is 4.91. The molecular weight excluding hydrogens is 496 g/mol. The summed E-state index contributed by atoms with van der Waals surface area (Å²) in [6, 6.07) is 17.8. The number of nitrogens with zero attached hydrogens (tertiary/aromatic N) is 2. The van der Waals surface area contributed by atoms with E-state index in [1.54, 1.807) is 6.07 Å². The number of primary amides is 1. The quantitative estimate of drug-likeness (QED) is 0.401. The first kappa shape index (κ1) is 27.9. The second kappa shape index (κ2) is 11.3. The Balaban J connectivity index is 1.28. The molecule has 1 aliphatic carbocycles. The van der Waals surface area contributed by atoms with Crippen molar-refractivity contribution in [2.45, 2.75) is 77.2 Å². The maximum atomic E-state index is 11.9. The standard InChI is InChI=1S/C30H36N4O5/c1-29(2,3)39-28(36)34-22-16-25(17-22)38-24-12-8-20(9-13-24)30(4,5)19-6-10-23(11-7-19)37-18-21-14-15-32-27(33-21)26(31)35/h6-15,22,25H,16-18H2,1-5H3,(H2,31,35)(H,34,36). The lowest BCUT2D eigenvalue weighted by Crippen LogP contribution is -2.50. The highest BCUT2D eigenvalue weighted by Gasteiger charge is 2.33. The first-order valence-corrected chi connectivity index (χ1v) is 13.0. The number of ether oxygens (including phenoxy) is 3. The van der Waals surface area contributed by atoms with E-state index < -0.39 is 11.5 Å². The number of nitrogens with one attached hydrogen (secondary N) is 1. The van der Waals surface area contributed by atoms with Crippen molar-refractivity contribution in [3.05, 3.63) is 83.4 Å². The van der Waals surface area contributed by atoms with Gasteiger partial charge in [0.1, 0.15) is 29.8 Å². The second-order valence-electron chi connectivity index (χ2n) is 11.3. The van der Waals surface area contributed by atoms with Crippen LogP contribution in [0, 0.1) is 0 Å². The fraction of sp³-hybridized carbons (Fsp3) is 0.400. The summed E-state index contributed by atoms with van der Waals surface area (Å²) in [6.07, 6.45) is 2.68. The first-order chi connectivity index (χ1) is 18.4. The van der Waals surface area contributed by atoms with Crippen molar-refractivity contribution >= 4 is 12.0 Å². The zero-order chi connectivity index (χ0) is 28.2. The molecule has 0 aliphatic heterocycles. The Bertz CT molecular complexity index is 1290. The van der Waals surface area contributed by atoms with Crippen molar-refractivity contribution in [2.24, 2.45) is 5.73 Å². The van der Waals surface area contributed by atoms with Gasteiger partial charge in [-0.3, -0.25) is 4.79 Å². The first-order valence-electron chi connectivity index (χ1n) is 13.0. The second-order valence-corrected chi connectivity index (χ2v) is 11.3. The number of alkyl carbamates (subject to hydrolysis) is 1. The molecule has 206 valence electrons. The highest BCUT2D eigenvalue weighted by atomic mass is 16.6. The third kappa shape index (κ3) is 7.46. The molecule has 0 saturated heterocycles. The van der Waals surface area contributed by atoms with E-state index in [2.05, 4.69) is 41.3 Å². The van der Waals surface area contributed by atoms with Gasteiger partial charge in [0.05, 0.1) is 5.69 Å². The van der Waals surface area contributed by atoms with E-state index in [1.807, 2.05) is 57.2 Å². The van der Waals surface area contributed by atoms with Crippen LogP contribution < -0.4 is 20.5 Å². The van der Waals surface area contributed by atoms with Crippen molar-refractivity contribution in [2.75, 3.05) is 0 Å². The normalized spacial score (nSPS) is 17.1. The molecule has 0 unspecified atom stereocenters. The fourth-order valence-electron chi connectivity index (χ4n) is 4.28. The zero-order valence-electron chi connectivity index (χ0n) is 23.1. The van der Waals surface area contributed by atoms with Crippen molar-refractivity contribution in [1.29, 1.82) is 0 Å². The molecule has 0 bridgehead atoms. The number of carbonyl (C=O) groups excluding carboxylic acids is 2. The average Bonchev–Trinajstić information content (AvgIpc) is 2.86. The Morgan fingerprint density at radius 2 is 1.51 bits per heavy atom. The lowest BCUT2D eigenvalue weighted by atomic mass is 9.78. The van der Waals surface area contributed by atoms with Gasteiger partial charge in [-0.2, -0.15) is 0 Å². The van der Waals surface area contributed by atoms with Gasteiger partial charge in [-0.15, -0.1) is 0 Å². The molecule has 1 heterocycles. The lowest BCUT2D eigenvalue weighted by Gasteiger charge is -2.36. The van der Waals surface area contributed by atoms with Crippen molar-refractivity contribution in [1.82, 2.24) is 15.3 Å². The van der Waals surface area contributed by atoms with E-state index in [0.717, 1.165) is 29.7 Å². The van der Waals surface area contributed by atoms with Gasteiger partial charge in [0.15, 0.2) is 0 Å². The van der Waals surface area contributed by atoms with Gasteiger partial charge < -0.3 is 25.3 Å².